The molecule has 1 aromatic heterocycles. The van der Waals surface area contributed by atoms with Crippen molar-refractivity contribution in [2.75, 3.05) is 18.0 Å². The molecule has 1 aliphatic rings. The Morgan fingerprint density at radius 3 is 2.47 bits per heavy atom. The lowest BCUT2D eigenvalue weighted by Gasteiger charge is -2.30. The van der Waals surface area contributed by atoms with E-state index in [1.54, 1.807) is 11.7 Å². The van der Waals surface area contributed by atoms with Crippen LogP contribution >= 0.6 is 0 Å². The number of hydrogen-bond acceptors (Lipinski definition) is 5. The number of aromatic nitrogens is 2. The topological polar surface area (TPSA) is 84.4 Å². The van der Waals surface area contributed by atoms with Gasteiger partial charge in [0.25, 0.3) is 0 Å². The van der Waals surface area contributed by atoms with Crippen LogP contribution in [0, 0.1) is 10.1 Å². The molecule has 7 heteroatoms. The molecule has 0 radical (unpaired) electrons. The molecule has 1 fully saturated rings. The van der Waals surface area contributed by atoms with Gasteiger partial charge in [0, 0.05) is 26.1 Å². The van der Waals surface area contributed by atoms with Gasteiger partial charge in [-0.05, 0) is 12.8 Å². The number of anilines is 1. The summed E-state index contributed by atoms with van der Waals surface area (Å²) in [6.45, 7) is 5.05. The third-order valence-corrected chi connectivity index (χ3v) is 3.51. The Kier molecular flexibility index (Phi) is 3.75. The fourth-order valence-electron chi connectivity index (χ4n) is 2.52. The smallest absolute Gasteiger partial charge is 0.334 e. The Morgan fingerprint density at radius 1 is 1.42 bits per heavy atom. The maximum atomic E-state index is 11.3. The SMILES string of the molecule is CC(C)c1nn(C)c(N2CCC(O)CC2)c1[N+](=O)[O-]. The van der Waals surface area contributed by atoms with Crippen molar-refractivity contribution in [2.24, 2.45) is 7.05 Å². The first-order chi connectivity index (χ1) is 8.91. The highest BCUT2D eigenvalue weighted by atomic mass is 16.6. The van der Waals surface area contributed by atoms with Crippen molar-refractivity contribution in [3.8, 4) is 0 Å². The predicted molar refractivity (Wildman–Crippen MR) is 71.4 cm³/mol. The summed E-state index contributed by atoms with van der Waals surface area (Å²) in [5.41, 5.74) is 0.627. The molecule has 0 atom stereocenters. The molecule has 106 valence electrons. The molecule has 0 aromatic carbocycles. The number of nitro groups is 1. The summed E-state index contributed by atoms with van der Waals surface area (Å²) in [5.74, 6) is 0.566. The summed E-state index contributed by atoms with van der Waals surface area (Å²) in [5, 5.41) is 25.2. The van der Waals surface area contributed by atoms with Crippen LogP contribution in [-0.4, -0.2) is 39.0 Å². The first kappa shape index (κ1) is 13.8. The van der Waals surface area contributed by atoms with Crippen LogP contribution in [0.15, 0.2) is 0 Å². The van der Waals surface area contributed by atoms with E-state index >= 15 is 0 Å². The zero-order valence-corrected chi connectivity index (χ0v) is 11.5. The molecule has 2 heterocycles. The van der Waals surface area contributed by atoms with Crippen LogP contribution in [0.25, 0.3) is 0 Å². The van der Waals surface area contributed by atoms with Gasteiger partial charge in [-0.15, -0.1) is 0 Å². The molecule has 1 saturated heterocycles. The second kappa shape index (κ2) is 5.16. The van der Waals surface area contributed by atoms with E-state index in [1.165, 1.54) is 0 Å². The van der Waals surface area contributed by atoms with Gasteiger partial charge in [-0.25, -0.2) is 4.68 Å². The minimum absolute atomic E-state index is 0.00994. The number of aliphatic hydroxyl groups excluding tert-OH is 1. The molecule has 0 spiro atoms. The fraction of sp³-hybridized carbons (Fsp3) is 0.750. The first-order valence-corrected chi connectivity index (χ1v) is 6.56. The van der Waals surface area contributed by atoms with E-state index in [0.29, 0.717) is 37.4 Å². The average molecular weight is 268 g/mol. The van der Waals surface area contributed by atoms with Crippen LogP contribution in [-0.2, 0) is 7.05 Å². The third kappa shape index (κ3) is 2.56. The van der Waals surface area contributed by atoms with Crippen molar-refractivity contribution >= 4 is 11.5 Å². The number of rotatable bonds is 3. The second-order valence-corrected chi connectivity index (χ2v) is 5.31. The van der Waals surface area contributed by atoms with Gasteiger partial charge in [-0.2, -0.15) is 5.10 Å². The average Bonchev–Trinajstić information content (AvgIpc) is 2.68. The molecular weight excluding hydrogens is 248 g/mol. The fourth-order valence-corrected chi connectivity index (χ4v) is 2.52. The van der Waals surface area contributed by atoms with Crippen LogP contribution < -0.4 is 4.90 Å². The van der Waals surface area contributed by atoms with Gasteiger partial charge in [0.05, 0.1) is 11.0 Å². The number of aryl methyl sites for hydroxylation is 1. The number of piperidine rings is 1. The summed E-state index contributed by atoms with van der Waals surface area (Å²) in [6.07, 6.45) is 0.978. The molecule has 2 rings (SSSR count). The van der Waals surface area contributed by atoms with E-state index in [-0.39, 0.29) is 22.6 Å². The van der Waals surface area contributed by atoms with Crippen molar-refractivity contribution in [3.05, 3.63) is 15.8 Å². The number of aliphatic hydroxyl groups is 1. The van der Waals surface area contributed by atoms with Gasteiger partial charge < -0.3 is 10.0 Å². The van der Waals surface area contributed by atoms with Crippen molar-refractivity contribution in [3.63, 3.8) is 0 Å². The molecule has 0 bridgehead atoms. The molecule has 0 amide bonds. The maximum absolute atomic E-state index is 11.3. The van der Waals surface area contributed by atoms with Crippen molar-refractivity contribution in [1.82, 2.24) is 9.78 Å². The van der Waals surface area contributed by atoms with Crippen LogP contribution in [0.3, 0.4) is 0 Å². The van der Waals surface area contributed by atoms with Crippen molar-refractivity contribution < 1.29 is 10.0 Å². The molecule has 1 aromatic rings. The summed E-state index contributed by atoms with van der Waals surface area (Å²) in [6, 6.07) is 0. The van der Waals surface area contributed by atoms with Crippen LogP contribution in [0.5, 0.6) is 0 Å². The maximum Gasteiger partial charge on any atom is 0.334 e. The van der Waals surface area contributed by atoms with E-state index in [2.05, 4.69) is 5.10 Å². The highest BCUT2D eigenvalue weighted by Gasteiger charge is 2.33. The molecule has 1 aliphatic heterocycles. The highest BCUT2D eigenvalue weighted by molar-refractivity contribution is 5.62. The largest absolute Gasteiger partial charge is 0.393 e. The van der Waals surface area contributed by atoms with E-state index in [1.807, 2.05) is 18.7 Å². The van der Waals surface area contributed by atoms with E-state index in [4.69, 9.17) is 0 Å². The van der Waals surface area contributed by atoms with Crippen LogP contribution in [0.1, 0.15) is 38.3 Å². The quantitative estimate of drug-likeness (QED) is 0.662. The number of hydrogen-bond donors (Lipinski definition) is 1. The normalized spacial score (nSPS) is 17.2. The lowest BCUT2D eigenvalue weighted by molar-refractivity contribution is -0.385. The standard InChI is InChI=1S/C12H20N4O3/c1-8(2)10-11(16(18)19)12(14(3)13-10)15-6-4-9(17)5-7-15/h8-9,17H,4-7H2,1-3H3. The van der Waals surface area contributed by atoms with Gasteiger partial charge in [0.1, 0.15) is 5.69 Å². The van der Waals surface area contributed by atoms with Gasteiger partial charge in [0.2, 0.25) is 5.82 Å². The molecule has 0 unspecified atom stereocenters. The van der Waals surface area contributed by atoms with E-state index in [0.717, 1.165) is 0 Å². The summed E-state index contributed by atoms with van der Waals surface area (Å²) < 4.78 is 1.59. The first-order valence-electron chi connectivity index (χ1n) is 6.56. The Labute approximate surface area is 112 Å². The van der Waals surface area contributed by atoms with Crippen LogP contribution in [0.4, 0.5) is 11.5 Å². The molecule has 1 N–H and O–H groups in total. The number of nitrogens with zero attached hydrogens (tertiary/aromatic N) is 4. The monoisotopic (exact) mass is 268 g/mol. The van der Waals surface area contributed by atoms with Crippen LogP contribution in [0.2, 0.25) is 0 Å². The van der Waals surface area contributed by atoms with Gasteiger partial charge >= 0.3 is 5.69 Å². The van der Waals surface area contributed by atoms with Gasteiger partial charge in [-0.3, -0.25) is 10.1 Å². The lowest BCUT2D eigenvalue weighted by Crippen LogP contribution is -2.37. The lowest BCUT2D eigenvalue weighted by atomic mass is 10.1. The third-order valence-electron chi connectivity index (χ3n) is 3.51. The summed E-state index contributed by atoms with van der Waals surface area (Å²) >= 11 is 0. The van der Waals surface area contributed by atoms with E-state index in [9.17, 15) is 15.2 Å². The van der Waals surface area contributed by atoms with Gasteiger partial charge in [-0.1, -0.05) is 13.8 Å². The summed E-state index contributed by atoms with van der Waals surface area (Å²) in [7, 11) is 1.74. The van der Waals surface area contributed by atoms with Crippen molar-refractivity contribution in [2.45, 2.75) is 38.7 Å². The molecular formula is C12H20N4O3. The highest BCUT2D eigenvalue weighted by Crippen LogP contribution is 2.36. The zero-order valence-electron chi connectivity index (χ0n) is 11.5. The molecule has 19 heavy (non-hydrogen) atoms. The Balaban J connectivity index is 2.41. The predicted octanol–water partition coefficient (Wildman–Crippen LogP) is 1.41. The Bertz CT molecular complexity index is 476. The second-order valence-electron chi connectivity index (χ2n) is 5.31. The Hall–Kier alpha value is -1.63. The Morgan fingerprint density at radius 2 is 2.00 bits per heavy atom. The summed E-state index contributed by atoms with van der Waals surface area (Å²) in [4.78, 5) is 12.9. The molecule has 0 aliphatic carbocycles. The van der Waals surface area contributed by atoms with E-state index < -0.39 is 0 Å². The minimum Gasteiger partial charge on any atom is -0.393 e. The van der Waals surface area contributed by atoms with Gasteiger partial charge in [0.15, 0.2) is 0 Å². The molecule has 0 saturated carbocycles. The van der Waals surface area contributed by atoms with Crippen molar-refractivity contribution in [1.29, 1.82) is 0 Å². The molecule has 7 nitrogen and oxygen atoms in total. The zero-order chi connectivity index (χ0) is 14.2. The minimum atomic E-state index is -0.345.